The van der Waals surface area contributed by atoms with Gasteiger partial charge >= 0.3 is 0 Å². The predicted octanol–water partition coefficient (Wildman–Crippen LogP) is 6.07. The van der Waals surface area contributed by atoms with Crippen LogP contribution in [0.3, 0.4) is 0 Å². The van der Waals surface area contributed by atoms with Gasteiger partial charge in [0.1, 0.15) is 0 Å². The van der Waals surface area contributed by atoms with Gasteiger partial charge in [-0.05, 0) is 84.1 Å². The Hall–Kier alpha value is -0.820. The van der Waals surface area contributed by atoms with Crippen LogP contribution in [0.15, 0.2) is 40.9 Å². The molecule has 0 N–H and O–H groups in total. The summed E-state index contributed by atoms with van der Waals surface area (Å²) in [4.78, 5) is 0. The van der Waals surface area contributed by atoms with Crippen LogP contribution >= 0.6 is 15.9 Å². The summed E-state index contributed by atoms with van der Waals surface area (Å²) in [6.07, 6.45) is 8.91. The quantitative estimate of drug-likeness (QED) is 0.590. The highest BCUT2D eigenvalue weighted by molar-refractivity contribution is 9.10. The number of halogens is 1. The van der Waals surface area contributed by atoms with Crippen molar-refractivity contribution in [2.24, 2.45) is 17.8 Å². The van der Waals surface area contributed by atoms with Crippen molar-refractivity contribution in [3.05, 3.63) is 46.4 Å². The molecule has 108 valence electrons. The van der Waals surface area contributed by atoms with Crippen molar-refractivity contribution < 1.29 is 0 Å². The Morgan fingerprint density at radius 1 is 0.762 bits per heavy atom. The summed E-state index contributed by atoms with van der Waals surface area (Å²) in [6.45, 7) is 0. The summed E-state index contributed by atoms with van der Waals surface area (Å²) in [5, 5.41) is 2.89. The fraction of sp³-hybridized carbons (Fsp3) is 0.500. The zero-order valence-electron chi connectivity index (χ0n) is 12.3. The van der Waals surface area contributed by atoms with Crippen molar-refractivity contribution in [1.82, 2.24) is 0 Å². The largest absolute Gasteiger partial charge is 0.0616 e. The van der Waals surface area contributed by atoms with E-state index in [1.54, 1.807) is 5.56 Å². The molecule has 4 aliphatic carbocycles. The molecule has 0 radical (unpaired) electrons. The fourth-order valence-corrected chi connectivity index (χ4v) is 6.64. The van der Waals surface area contributed by atoms with Crippen LogP contribution in [0.25, 0.3) is 10.8 Å². The summed E-state index contributed by atoms with van der Waals surface area (Å²) < 4.78 is 1.24. The summed E-state index contributed by atoms with van der Waals surface area (Å²) in [5.74, 6) is 3.04. The highest BCUT2D eigenvalue weighted by Crippen LogP contribution is 2.61. The molecule has 0 unspecified atom stereocenters. The van der Waals surface area contributed by atoms with Gasteiger partial charge in [0.15, 0.2) is 0 Å². The van der Waals surface area contributed by atoms with Gasteiger partial charge < -0.3 is 0 Å². The fourth-order valence-electron chi connectivity index (χ4n) is 6.17. The average molecular weight is 341 g/mol. The second-order valence-electron chi connectivity index (χ2n) is 7.84. The third kappa shape index (κ3) is 1.79. The van der Waals surface area contributed by atoms with Gasteiger partial charge in [-0.25, -0.2) is 0 Å². The smallest absolute Gasteiger partial charge is 0.0253 e. The second-order valence-corrected chi connectivity index (χ2v) is 8.69. The summed E-state index contributed by atoms with van der Waals surface area (Å²) in [7, 11) is 0. The van der Waals surface area contributed by atoms with Gasteiger partial charge in [0.2, 0.25) is 0 Å². The molecule has 0 heterocycles. The number of hydrogen-bond donors (Lipinski definition) is 0. The average Bonchev–Trinajstić information content (AvgIpc) is 2.46. The van der Waals surface area contributed by atoms with Gasteiger partial charge in [-0.15, -0.1) is 0 Å². The molecule has 0 atom stereocenters. The van der Waals surface area contributed by atoms with Crippen LogP contribution in [0, 0.1) is 17.8 Å². The normalized spacial score (nSPS) is 37.3. The molecular formula is C20H21Br. The Labute approximate surface area is 135 Å². The van der Waals surface area contributed by atoms with Gasteiger partial charge in [0.25, 0.3) is 0 Å². The first kappa shape index (κ1) is 12.7. The third-order valence-electron chi connectivity index (χ3n) is 6.48. The van der Waals surface area contributed by atoms with E-state index in [-0.39, 0.29) is 0 Å². The Morgan fingerprint density at radius 2 is 1.33 bits per heavy atom. The first-order chi connectivity index (χ1) is 10.2. The molecule has 2 aromatic carbocycles. The van der Waals surface area contributed by atoms with Gasteiger partial charge in [0, 0.05) is 4.47 Å². The monoisotopic (exact) mass is 340 g/mol. The van der Waals surface area contributed by atoms with Crippen molar-refractivity contribution in [3.8, 4) is 0 Å². The molecule has 4 fully saturated rings. The van der Waals surface area contributed by atoms with Gasteiger partial charge in [-0.3, -0.25) is 0 Å². The van der Waals surface area contributed by atoms with E-state index in [4.69, 9.17) is 0 Å². The van der Waals surface area contributed by atoms with Crippen molar-refractivity contribution in [1.29, 1.82) is 0 Å². The lowest BCUT2D eigenvalue weighted by molar-refractivity contribution is -0.00449. The number of benzene rings is 2. The summed E-state index contributed by atoms with van der Waals surface area (Å²) in [6, 6.07) is 13.7. The third-order valence-corrected chi connectivity index (χ3v) is 7.17. The molecule has 0 saturated heterocycles. The number of rotatable bonds is 1. The zero-order valence-corrected chi connectivity index (χ0v) is 13.9. The Kier molecular flexibility index (Phi) is 2.63. The first-order valence-electron chi connectivity index (χ1n) is 8.41. The molecule has 0 spiro atoms. The van der Waals surface area contributed by atoms with Crippen molar-refractivity contribution in [2.45, 2.75) is 43.9 Å². The first-order valence-corrected chi connectivity index (χ1v) is 9.20. The van der Waals surface area contributed by atoms with Crippen LogP contribution in [-0.4, -0.2) is 0 Å². The maximum absolute atomic E-state index is 3.74. The van der Waals surface area contributed by atoms with E-state index in [2.05, 4.69) is 52.3 Å². The molecule has 4 aliphatic rings. The molecule has 6 rings (SSSR count). The summed E-state index contributed by atoms with van der Waals surface area (Å²) in [5.41, 5.74) is 2.15. The highest BCUT2D eigenvalue weighted by Gasteiger charge is 2.51. The Morgan fingerprint density at radius 3 is 1.95 bits per heavy atom. The van der Waals surface area contributed by atoms with Crippen molar-refractivity contribution >= 4 is 26.7 Å². The molecule has 0 nitrogen and oxygen atoms in total. The zero-order chi connectivity index (χ0) is 14.0. The molecule has 4 saturated carbocycles. The van der Waals surface area contributed by atoms with Gasteiger partial charge in [-0.2, -0.15) is 0 Å². The van der Waals surface area contributed by atoms with E-state index in [9.17, 15) is 0 Å². The topological polar surface area (TPSA) is 0 Å². The molecule has 0 aliphatic heterocycles. The van der Waals surface area contributed by atoms with E-state index in [0.29, 0.717) is 5.41 Å². The Bertz CT molecular complexity index is 680. The van der Waals surface area contributed by atoms with Gasteiger partial charge in [-0.1, -0.05) is 46.3 Å². The minimum Gasteiger partial charge on any atom is -0.0616 e. The van der Waals surface area contributed by atoms with E-state index >= 15 is 0 Å². The lowest BCUT2D eigenvalue weighted by Gasteiger charge is -2.57. The minimum absolute atomic E-state index is 0.495. The lowest BCUT2D eigenvalue weighted by atomic mass is 9.48. The molecule has 2 aromatic rings. The minimum atomic E-state index is 0.495. The molecule has 21 heavy (non-hydrogen) atoms. The highest BCUT2D eigenvalue weighted by atomic mass is 79.9. The Balaban J connectivity index is 1.73. The van der Waals surface area contributed by atoms with Crippen LogP contribution in [0.2, 0.25) is 0 Å². The maximum atomic E-state index is 3.74. The van der Waals surface area contributed by atoms with Crippen molar-refractivity contribution in [3.63, 3.8) is 0 Å². The van der Waals surface area contributed by atoms with Crippen LogP contribution in [0.4, 0.5) is 0 Å². The second kappa shape index (κ2) is 4.35. The van der Waals surface area contributed by atoms with E-state index in [1.165, 1.54) is 53.8 Å². The molecule has 0 amide bonds. The van der Waals surface area contributed by atoms with Crippen LogP contribution < -0.4 is 0 Å². The van der Waals surface area contributed by atoms with Crippen LogP contribution in [-0.2, 0) is 5.41 Å². The van der Waals surface area contributed by atoms with E-state index in [0.717, 1.165) is 17.8 Å². The number of fused-ring (bicyclic) bond motifs is 1. The lowest BCUT2D eigenvalue weighted by Crippen LogP contribution is -2.48. The van der Waals surface area contributed by atoms with Gasteiger partial charge in [0.05, 0.1) is 0 Å². The predicted molar refractivity (Wildman–Crippen MR) is 91.5 cm³/mol. The van der Waals surface area contributed by atoms with Crippen LogP contribution in [0.5, 0.6) is 0 Å². The standard InChI is InChI=1S/C20H21Br/c21-19-6-5-18(16-3-1-2-4-17(16)19)20-10-13-7-14(11-20)9-15(8-13)12-20/h1-6,13-15H,7-12H2/t13-,14+,15-,20?. The molecule has 0 aromatic heterocycles. The number of hydrogen-bond acceptors (Lipinski definition) is 0. The van der Waals surface area contributed by atoms with E-state index < -0.39 is 0 Å². The maximum Gasteiger partial charge on any atom is 0.0253 e. The summed E-state index contributed by atoms with van der Waals surface area (Å²) >= 11 is 3.74. The van der Waals surface area contributed by atoms with E-state index in [1.807, 2.05) is 0 Å². The SMILES string of the molecule is Brc1ccc(C23C[C@H]4C[C@@H](C2)C[C@@H](C3)C4)c2ccccc12. The molecule has 1 heteroatoms. The van der Waals surface area contributed by atoms with Crippen molar-refractivity contribution in [2.75, 3.05) is 0 Å². The molecular weight excluding hydrogens is 320 g/mol. The van der Waals surface area contributed by atoms with Crippen LogP contribution in [0.1, 0.15) is 44.1 Å². The molecule has 4 bridgehead atoms.